The van der Waals surface area contributed by atoms with Crippen LogP contribution < -0.4 is 4.74 Å². The number of carbonyl (C=O) groups excluding carboxylic acids is 1. The predicted octanol–water partition coefficient (Wildman–Crippen LogP) is 3.09. The van der Waals surface area contributed by atoms with Crippen molar-refractivity contribution in [2.45, 2.75) is 13.0 Å². The molecule has 1 aliphatic rings. The van der Waals surface area contributed by atoms with Crippen LogP contribution in [0.25, 0.3) is 0 Å². The Morgan fingerprint density at radius 3 is 2.76 bits per heavy atom. The fourth-order valence-corrected chi connectivity index (χ4v) is 2.70. The van der Waals surface area contributed by atoms with E-state index in [0.29, 0.717) is 16.9 Å². The Labute approximate surface area is 125 Å². The number of hydrogen-bond donors (Lipinski definition) is 1. The maximum atomic E-state index is 12.7. The lowest BCUT2D eigenvalue weighted by Gasteiger charge is -2.10. The van der Waals surface area contributed by atoms with Crippen molar-refractivity contribution in [1.82, 2.24) is 0 Å². The lowest BCUT2D eigenvalue weighted by atomic mass is 9.97. The van der Waals surface area contributed by atoms with Crippen molar-refractivity contribution in [3.63, 3.8) is 0 Å². The predicted molar refractivity (Wildman–Crippen MR) is 77.0 cm³/mol. The third-order valence-electron chi connectivity index (χ3n) is 3.40. The van der Waals surface area contributed by atoms with E-state index in [4.69, 9.17) is 21.4 Å². The molecule has 1 heterocycles. The molecule has 0 amide bonds. The molecule has 0 radical (unpaired) electrons. The molecule has 0 fully saturated rings. The molecule has 0 aliphatic carbocycles. The first kappa shape index (κ1) is 13.6. The zero-order valence-electron chi connectivity index (χ0n) is 10.9. The van der Waals surface area contributed by atoms with Crippen LogP contribution in [0.15, 0.2) is 36.4 Å². The minimum atomic E-state index is -1.00. The summed E-state index contributed by atoms with van der Waals surface area (Å²) in [6.45, 7) is 0.281. The van der Waals surface area contributed by atoms with Crippen molar-refractivity contribution in [2.75, 3.05) is 0 Å². The molecular weight excluding hydrogens is 292 g/mol. The molecule has 2 aromatic carbocycles. The summed E-state index contributed by atoms with van der Waals surface area (Å²) in [6.07, 6.45) is -0.235. The van der Waals surface area contributed by atoms with Gasteiger partial charge in [-0.25, -0.2) is 0 Å². The molecule has 5 heteroatoms. The van der Waals surface area contributed by atoms with Gasteiger partial charge in [-0.15, -0.1) is 0 Å². The van der Waals surface area contributed by atoms with Gasteiger partial charge in [0.2, 0.25) is 0 Å². The summed E-state index contributed by atoms with van der Waals surface area (Å²) in [7, 11) is 0. The summed E-state index contributed by atoms with van der Waals surface area (Å²) < 4.78 is 5.63. The maximum absolute atomic E-state index is 12.7. The number of ketones is 1. The smallest absolute Gasteiger partial charge is 0.307 e. The highest BCUT2D eigenvalue weighted by molar-refractivity contribution is 6.36. The summed E-state index contributed by atoms with van der Waals surface area (Å²) in [5.41, 5.74) is 1.96. The molecule has 1 aliphatic heterocycles. The number of fused-ring (bicyclic) bond motifs is 2. The standard InChI is InChI=1S/C16H11ClO4/c17-15-9(7-13(18)19)5-6-12-14(15)16(20)11-4-2-1-3-10(11)8-21-12/h1-6H,7-8H2,(H,18,19). The Kier molecular flexibility index (Phi) is 3.39. The normalized spacial score (nSPS) is 12.9. The molecule has 0 saturated heterocycles. The molecule has 106 valence electrons. The SMILES string of the molecule is O=C(O)Cc1ccc2c(c1Cl)C(=O)c1ccccc1CO2. The Balaban J connectivity index is 2.17. The van der Waals surface area contributed by atoms with E-state index >= 15 is 0 Å². The largest absolute Gasteiger partial charge is 0.488 e. The van der Waals surface area contributed by atoms with Crippen molar-refractivity contribution in [3.8, 4) is 5.75 Å². The van der Waals surface area contributed by atoms with E-state index in [9.17, 15) is 9.59 Å². The van der Waals surface area contributed by atoms with Gasteiger partial charge in [0.1, 0.15) is 12.4 Å². The monoisotopic (exact) mass is 302 g/mol. The van der Waals surface area contributed by atoms with E-state index in [-0.39, 0.29) is 29.4 Å². The highest BCUT2D eigenvalue weighted by Crippen LogP contribution is 2.35. The van der Waals surface area contributed by atoms with Crippen LogP contribution in [0, 0.1) is 0 Å². The van der Waals surface area contributed by atoms with Crippen LogP contribution in [0.5, 0.6) is 5.75 Å². The molecule has 2 aromatic rings. The maximum Gasteiger partial charge on any atom is 0.307 e. The van der Waals surface area contributed by atoms with Crippen LogP contribution in [0.4, 0.5) is 0 Å². The highest BCUT2D eigenvalue weighted by Gasteiger charge is 2.26. The van der Waals surface area contributed by atoms with Crippen molar-refractivity contribution >= 4 is 23.4 Å². The van der Waals surface area contributed by atoms with Crippen LogP contribution in [0.1, 0.15) is 27.0 Å². The Bertz CT molecular complexity index is 752. The first-order valence-electron chi connectivity index (χ1n) is 6.36. The van der Waals surface area contributed by atoms with Crippen molar-refractivity contribution < 1.29 is 19.4 Å². The number of ether oxygens (including phenoxy) is 1. The average molecular weight is 303 g/mol. The van der Waals surface area contributed by atoms with Gasteiger partial charge >= 0.3 is 5.97 Å². The lowest BCUT2D eigenvalue weighted by Crippen LogP contribution is -2.07. The highest BCUT2D eigenvalue weighted by atomic mass is 35.5. The summed E-state index contributed by atoms with van der Waals surface area (Å²) in [5.74, 6) is -0.857. The first-order chi connectivity index (χ1) is 10.1. The number of halogens is 1. The Morgan fingerprint density at radius 1 is 1.24 bits per heavy atom. The molecule has 21 heavy (non-hydrogen) atoms. The number of hydrogen-bond acceptors (Lipinski definition) is 3. The second kappa shape index (κ2) is 5.22. The van der Waals surface area contributed by atoms with Gasteiger partial charge < -0.3 is 9.84 Å². The Morgan fingerprint density at radius 2 is 2.00 bits per heavy atom. The summed E-state index contributed by atoms with van der Waals surface area (Å²) in [6, 6.07) is 10.3. The summed E-state index contributed by atoms with van der Waals surface area (Å²) in [4.78, 5) is 23.5. The molecule has 3 rings (SSSR count). The minimum Gasteiger partial charge on any atom is -0.488 e. The fraction of sp³-hybridized carbons (Fsp3) is 0.125. The minimum absolute atomic E-state index is 0.150. The quantitative estimate of drug-likeness (QED) is 0.926. The number of rotatable bonds is 2. The summed E-state index contributed by atoms with van der Waals surface area (Å²) in [5, 5.41) is 9.05. The molecule has 0 bridgehead atoms. The van der Waals surface area contributed by atoms with Gasteiger partial charge in [-0.05, 0) is 11.6 Å². The van der Waals surface area contributed by atoms with Crippen molar-refractivity contribution in [2.24, 2.45) is 0 Å². The number of carboxylic acids is 1. The van der Waals surface area contributed by atoms with E-state index < -0.39 is 5.97 Å². The summed E-state index contributed by atoms with van der Waals surface area (Å²) >= 11 is 6.24. The second-order valence-electron chi connectivity index (χ2n) is 4.76. The van der Waals surface area contributed by atoms with Gasteiger partial charge in [-0.2, -0.15) is 0 Å². The molecule has 0 saturated carbocycles. The van der Waals surface area contributed by atoms with Gasteiger partial charge in [-0.3, -0.25) is 9.59 Å². The molecule has 4 nitrogen and oxygen atoms in total. The van der Waals surface area contributed by atoms with E-state index in [1.807, 2.05) is 12.1 Å². The topological polar surface area (TPSA) is 63.6 Å². The Hall–Kier alpha value is -2.33. The lowest BCUT2D eigenvalue weighted by molar-refractivity contribution is -0.136. The van der Waals surface area contributed by atoms with Crippen LogP contribution in [-0.2, 0) is 17.8 Å². The molecule has 0 aromatic heterocycles. The van der Waals surface area contributed by atoms with E-state index in [1.165, 1.54) is 0 Å². The third-order valence-corrected chi connectivity index (χ3v) is 3.83. The first-order valence-corrected chi connectivity index (χ1v) is 6.74. The average Bonchev–Trinajstić information content (AvgIpc) is 2.60. The molecular formula is C16H11ClO4. The van der Waals surface area contributed by atoms with Gasteiger partial charge in [0.15, 0.2) is 5.78 Å². The number of carbonyl (C=O) groups is 2. The molecule has 0 unspecified atom stereocenters. The van der Waals surface area contributed by atoms with Crippen molar-refractivity contribution in [3.05, 3.63) is 63.7 Å². The fourth-order valence-electron chi connectivity index (χ4n) is 2.39. The van der Waals surface area contributed by atoms with Crippen LogP contribution in [0.2, 0.25) is 5.02 Å². The van der Waals surface area contributed by atoms with E-state index in [1.54, 1.807) is 24.3 Å². The number of carboxylic acid groups (broad SMARTS) is 1. The van der Waals surface area contributed by atoms with Gasteiger partial charge in [-0.1, -0.05) is 41.9 Å². The molecule has 0 atom stereocenters. The van der Waals surface area contributed by atoms with Gasteiger partial charge in [0.25, 0.3) is 0 Å². The number of benzene rings is 2. The van der Waals surface area contributed by atoms with Crippen molar-refractivity contribution in [1.29, 1.82) is 0 Å². The van der Waals surface area contributed by atoms with E-state index in [2.05, 4.69) is 0 Å². The van der Waals surface area contributed by atoms with Crippen LogP contribution in [0.3, 0.4) is 0 Å². The molecule has 1 N–H and O–H groups in total. The van der Waals surface area contributed by atoms with Crippen LogP contribution >= 0.6 is 11.6 Å². The second-order valence-corrected chi connectivity index (χ2v) is 5.14. The van der Waals surface area contributed by atoms with E-state index in [0.717, 1.165) is 5.56 Å². The zero-order valence-corrected chi connectivity index (χ0v) is 11.7. The molecule has 0 spiro atoms. The van der Waals surface area contributed by atoms with Crippen LogP contribution in [-0.4, -0.2) is 16.9 Å². The zero-order chi connectivity index (χ0) is 15.0. The third kappa shape index (κ3) is 2.38. The van der Waals surface area contributed by atoms with Gasteiger partial charge in [0.05, 0.1) is 17.0 Å². The number of aliphatic carboxylic acids is 1. The van der Waals surface area contributed by atoms with Gasteiger partial charge in [0, 0.05) is 11.1 Å².